The molecule has 1 aliphatic heterocycles. The summed E-state index contributed by atoms with van der Waals surface area (Å²) in [5.41, 5.74) is 6.68. The molecule has 2 N–H and O–H groups in total. The number of nitrogens with two attached hydrogens (primary N) is 1. The van der Waals surface area contributed by atoms with Gasteiger partial charge in [-0.25, -0.2) is 15.0 Å². The molecule has 0 amide bonds. The summed E-state index contributed by atoms with van der Waals surface area (Å²) >= 11 is 1.66. The molecule has 24 heavy (non-hydrogen) atoms. The van der Waals surface area contributed by atoms with Crippen LogP contribution in [0.4, 0.5) is 5.82 Å². The lowest BCUT2D eigenvalue weighted by atomic mass is 10.2. The molecule has 6 nitrogen and oxygen atoms in total. The Labute approximate surface area is 145 Å². The van der Waals surface area contributed by atoms with Gasteiger partial charge < -0.3 is 10.2 Å². The molecule has 7 heteroatoms. The molecular formula is C17H21N5OS. The molecule has 4 rings (SSSR count). The Kier molecular flexibility index (Phi) is 5.22. The Morgan fingerprint density at radius 1 is 1.29 bits per heavy atom. The number of nitrogens with zero attached hydrogens (tertiary/aromatic N) is 4. The summed E-state index contributed by atoms with van der Waals surface area (Å²) < 4.78 is 4.98. The summed E-state index contributed by atoms with van der Waals surface area (Å²) in [6.07, 6.45) is 8.45. The summed E-state index contributed by atoms with van der Waals surface area (Å²) in [5.74, 6) is 0.997. The van der Waals surface area contributed by atoms with E-state index in [1.807, 2.05) is 13.8 Å². The first-order valence-electron chi connectivity index (χ1n) is 8.11. The lowest BCUT2D eigenvalue weighted by Gasteiger charge is -2.21. The summed E-state index contributed by atoms with van der Waals surface area (Å²) in [5, 5.41) is 0.916. The minimum absolute atomic E-state index is 0.490. The van der Waals surface area contributed by atoms with Gasteiger partial charge in [-0.05, 0) is 12.5 Å². The van der Waals surface area contributed by atoms with E-state index in [4.69, 9.17) is 10.2 Å². The molecule has 3 aromatic rings. The second-order valence-electron chi connectivity index (χ2n) is 5.23. The van der Waals surface area contributed by atoms with Crippen LogP contribution in [0, 0.1) is 0 Å². The maximum absolute atomic E-state index is 6.08. The van der Waals surface area contributed by atoms with Gasteiger partial charge in [-0.3, -0.25) is 4.90 Å². The number of anilines is 1. The van der Waals surface area contributed by atoms with Crippen LogP contribution in [0.25, 0.3) is 21.7 Å². The fraction of sp³-hybridized carbons (Fsp3) is 0.353. The first kappa shape index (κ1) is 16.6. The van der Waals surface area contributed by atoms with Crippen molar-refractivity contribution in [1.82, 2.24) is 19.9 Å². The molecule has 0 unspecified atom stereocenters. The van der Waals surface area contributed by atoms with Crippen molar-refractivity contribution in [2.24, 2.45) is 0 Å². The van der Waals surface area contributed by atoms with E-state index in [9.17, 15) is 0 Å². The van der Waals surface area contributed by atoms with Crippen molar-refractivity contribution < 1.29 is 4.42 Å². The number of aromatic nitrogens is 3. The molecule has 0 spiro atoms. The van der Waals surface area contributed by atoms with Gasteiger partial charge in [-0.15, -0.1) is 11.3 Å². The van der Waals surface area contributed by atoms with Crippen LogP contribution in [0.3, 0.4) is 0 Å². The number of hydrogen-bond donors (Lipinski definition) is 1. The molecule has 0 atom stereocenters. The molecule has 0 saturated heterocycles. The Bertz CT molecular complexity index is 825. The van der Waals surface area contributed by atoms with Crippen LogP contribution < -0.4 is 5.73 Å². The lowest BCUT2D eigenvalue weighted by Crippen LogP contribution is -2.26. The van der Waals surface area contributed by atoms with Gasteiger partial charge in [0.1, 0.15) is 22.6 Å². The van der Waals surface area contributed by atoms with Gasteiger partial charge in [0.05, 0.1) is 5.39 Å². The molecule has 1 aliphatic rings. The molecule has 0 radical (unpaired) electrons. The molecule has 0 saturated carbocycles. The standard InChI is InChI=1S/C15H15N5OS.C2H6/c16-13-11-6-10(7-20-4-2-1-3-5-20)22-15(11)19-14(18-13)12-8-21-9-17-12;1-2/h1-2,6,8-9H,3-5,7H2,(H2,16,18,19);1-2H3. The second kappa shape index (κ2) is 7.55. The minimum atomic E-state index is 0.490. The van der Waals surface area contributed by atoms with Crippen LogP contribution in [0.1, 0.15) is 25.1 Å². The van der Waals surface area contributed by atoms with Gasteiger partial charge in [0.15, 0.2) is 12.2 Å². The second-order valence-corrected chi connectivity index (χ2v) is 6.35. The van der Waals surface area contributed by atoms with Crippen LogP contribution >= 0.6 is 11.3 Å². The third-order valence-corrected chi connectivity index (χ3v) is 4.67. The molecule has 4 heterocycles. The fourth-order valence-electron chi connectivity index (χ4n) is 2.56. The zero-order valence-electron chi connectivity index (χ0n) is 13.9. The molecule has 0 fully saturated rings. The highest BCUT2D eigenvalue weighted by Gasteiger charge is 2.14. The Morgan fingerprint density at radius 2 is 2.17 bits per heavy atom. The molecular weight excluding hydrogens is 322 g/mol. The Balaban J connectivity index is 0.000000815. The molecule has 126 valence electrons. The average Bonchev–Trinajstić information content (AvgIpc) is 3.27. The largest absolute Gasteiger partial charge is 0.451 e. The van der Waals surface area contributed by atoms with E-state index in [0.717, 1.165) is 36.3 Å². The highest BCUT2D eigenvalue weighted by Crippen LogP contribution is 2.30. The van der Waals surface area contributed by atoms with Crippen molar-refractivity contribution in [2.75, 3.05) is 18.8 Å². The van der Waals surface area contributed by atoms with Crippen LogP contribution in [0.2, 0.25) is 0 Å². The van der Waals surface area contributed by atoms with E-state index in [1.54, 1.807) is 11.3 Å². The monoisotopic (exact) mass is 343 g/mol. The highest BCUT2D eigenvalue weighted by molar-refractivity contribution is 7.18. The number of rotatable bonds is 3. The SMILES string of the molecule is CC.Nc1nc(-c2cocn2)nc2sc(CN3CC=CCC3)cc12. The van der Waals surface area contributed by atoms with Crippen molar-refractivity contribution >= 4 is 27.4 Å². The predicted molar refractivity (Wildman–Crippen MR) is 97.7 cm³/mol. The van der Waals surface area contributed by atoms with Gasteiger partial charge in [-0.2, -0.15) is 0 Å². The fourth-order valence-corrected chi connectivity index (χ4v) is 3.64. The van der Waals surface area contributed by atoms with Crippen molar-refractivity contribution in [3.05, 3.63) is 35.8 Å². The average molecular weight is 343 g/mol. The summed E-state index contributed by atoms with van der Waals surface area (Å²) in [7, 11) is 0. The van der Waals surface area contributed by atoms with Crippen LogP contribution in [-0.4, -0.2) is 32.9 Å². The maximum atomic E-state index is 6.08. The molecule has 3 aromatic heterocycles. The van der Waals surface area contributed by atoms with Crippen molar-refractivity contribution in [3.8, 4) is 11.5 Å². The minimum Gasteiger partial charge on any atom is -0.451 e. The number of nitrogen functional groups attached to an aromatic ring is 1. The van der Waals surface area contributed by atoms with Crippen molar-refractivity contribution in [1.29, 1.82) is 0 Å². The zero-order chi connectivity index (χ0) is 16.9. The number of fused-ring (bicyclic) bond motifs is 1. The number of hydrogen-bond acceptors (Lipinski definition) is 7. The zero-order valence-corrected chi connectivity index (χ0v) is 14.7. The normalized spacial score (nSPS) is 14.6. The van der Waals surface area contributed by atoms with Gasteiger partial charge in [0.2, 0.25) is 0 Å². The van der Waals surface area contributed by atoms with Crippen LogP contribution in [-0.2, 0) is 6.54 Å². The predicted octanol–water partition coefficient (Wildman–Crippen LogP) is 3.72. The summed E-state index contributed by atoms with van der Waals surface area (Å²) in [6.45, 7) is 7.01. The van der Waals surface area contributed by atoms with Crippen molar-refractivity contribution in [3.63, 3.8) is 0 Å². The van der Waals surface area contributed by atoms with Gasteiger partial charge in [0.25, 0.3) is 0 Å². The first-order valence-corrected chi connectivity index (χ1v) is 8.93. The molecule has 0 bridgehead atoms. The van der Waals surface area contributed by atoms with Crippen LogP contribution in [0.15, 0.2) is 35.3 Å². The third kappa shape index (κ3) is 3.47. The summed E-state index contributed by atoms with van der Waals surface area (Å²) in [6, 6.07) is 2.10. The van der Waals surface area contributed by atoms with Gasteiger partial charge in [-0.1, -0.05) is 26.0 Å². The number of oxazole rings is 1. The van der Waals surface area contributed by atoms with Gasteiger partial charge >= 0.3 is 0 Å². The van der Waals surface area contributed by atoms with Crippen molar-refractivity contribution in [2.45, 2.75) is 26.8 Å². The van der Waals surface area contributed by atoms with Crippen LogP contribution in [0.5, 0.6) is 0 Å². The number of thiophene rings is 1. The smallest absolute Gasteiger partial charge is 0.184 e. The topological polar surface area (TPSA) is 81.1 Å². The van der Waals surface area contributed by atoms with Gasteiger partial charge in [0, 0.05) is 24.5 Å². The first-order chi connectivity index (χ1) is 11.8. The van der Waals surface area contributed by atoms with E-state index in [-0.39, 0.29) is 0 Å². The maximum Gasteiger partial charge on any atom is 0.184 e. The highest BCUT2D eigenvalue weighted by atomic mass is 32.1. The van der Waals surface area contributed by atoms with E-state index in [2.05, 4.69) is 38.1 Å². The Hall–Kier alpha value is -2.25. The molecule has 0 aromatic carbocycles. The van der Waals surface area contributed by atoms with E-state index in [1.165, 1.54) is 17.5 Å². The molecule has 0 aliphatic carbocycles. The Morgan fingerprint density at radius 3 is 2.88 bits per heavy atom. The quantitative estimate of drug-likeness (QED) is 0.730. The lowest BCUT2D eigenvalue weighted by molar-refractivity contribution is 0.293. The van der Waals surface area contributed by atoms with E-state index >= 15 is 0 Å². The third-order valence-electron chi connectivity index (χ3n) is 3.66. The van der Waals surface area contributed by atoms with E-state index < -0.39 is 0 Å². The summed E-state index contributed by atoms with van der Waals surface area (Å²) in [4.78, 5) is 17.5. The van der Waals surface area contributed by atoms with E-state index in [0.29, 0.717) is 17.3 Å².